The summed E-state index contributed by atoms with van der Waals surface area (Å²) in [4.78, 5) is 16.9. The Hall–Kier alpha value is -4.01. The van der Waals surface area contributed by atoms with Crippen LogP contribution < -0.4 is 23.8 Å². The lowest BCUT2D eigenvalue weighted by molar-refractivity contribution is 0.0746. The third kappa shape index (κ3) is 4.68. The number of methoxy groups -OCH3 is 4. The third-order valence-corrected chi connectivity index (χ3v) is 5.85. The van der Waals surface area contributed by atoms with Crippen LogP contribution in [0, 0.1) is 0 Å². The average Bonchev–Trinajstić information content (AvgIpc) is 2.92. The molecule has 0 radical (unpaired) electrons. The quantitative estimate of drug-likeness (QED) is 0.527. The highest BCUT2D eigenvalue weighted by molar-refractivity contribution is 5.95. The van der Waals surface area contributed by atoms with Crippen molar-refractivity contribution in [3.63, 3.8) is 0 Å². The van der Waals surface area contributed by atoms with Crippen molar-refractivity contribution in [2.45, 2.75) is 0 Å². The van der Waals surface area contributed by atoms with Crippen LogP contribution in [-0.4, -0.2) is 75.6 Å². The first kappa shape index (κ1) is 23.2. The maximum atomic E-state index is 13.0. The molecule has 178 valence electrons. The van der Waals surface area contributed by atoms with E-state index >= 15 is 0 Å². The van der Waals surface area contributed by atoms with E-state index in [4.69, 9.17) is 18.9 Å². The molecule has 4 rings (SSSR count). The van der Waals surface area contributed by atoms with Gasteiger partial charge in [0.15, 0.2) is 28.8 Å². The van der Waals surface area contributed by atoms with Gasteiger partial charge in [0.1, 0.15) is 0 Å². The van der Waals surface area contributed by atoms with Crippen molar-refractivity contribution in [3.05, 3.63) is 54.1 Å². The molecule has 1 saturated heterocycles. The molecule has 1 aliphatic rings. The van der Waals surface area contributed by atoms with Crippen LogP contribution in [0.25, 0.3) is 11.3 Å². The molecule has 1 amide bonds. The molecule has 1 aliphatic heterocycles. The van der Waals surface area contributed by atoms with Gasteiger partial charge in [-0.05, 0) is 48.5 Å². The summed E-state index contributed by atoms with van der Waals surface area (Å²) < 4.78 is 21.2. The minimum Gasteiger partial charge on any atom is -0.493 e. The van der Waals surface area contributed by atoms with Gasteiger partial charge >= 0.3 is 0 Å². The highest BCUT2D eigenvalue weighted by atomic mass is 16.5. The van der Waals surface area contributed by atoms with Crippen LogP contribution in [0.2, 0.25) is 0 Å². The molecular weight excluding hydrogens is 436 g/mol. The maximum absolute atomic E-state index is 13.0. The highest BCUT2D eigenvalue weighted by Crippen LogP contribution is 2.32. The van der Waals surface area contributed by atoms with Crippen molar-refractivity contribution in [2.75, 3.05) is 59.5 Å². The monoisotopic (exact) mass is 464 g/mol. The molecule has 0 N–H and O–H groups in total. The molecule has 0 spiro atoms. The lowest BCUT2D eigenvalue weighted by Crippen LogP contribution is -2.49. The summed E-state index contributed by atoms with van der Waals surface area (Å²) in [6, 6.07) is 14.7. The smallest absolute Gasteiger partial charge is 0.254 e. The molecular formula is C25H28N4O5. The van der Waals surface area contributed by atoms with E-state index in [0.717, 1.165) is 17.1 Å². The fourth-order valence-electron chi connectivity index (χ4n) is 3.93. The summed E-state index contributed by atoms with van der Waals surface area (Å²) in [6.45, 7) is 2.52. The molecule has 1 aromatic heterocycles. The number of hydrogen-bond donors (Lipinski definition) is 0. The van der Waals surface area contributed by atoms with Gasteiger partial charge in [0.25, 0.3) is 5.91 Å². The zero-order valence-electron chi connectivity index (χ0n) is 19.8. The Bertz CT molecular complexity index is 1140. The number of rotatable bonds is 7. The SMILES string of the molecule is COc1ccc(C(=O)N2CCN(c3ccc(-c4ccc(OC)c(OC)c4)nn3)CC2)cc1OC. The minimum absolute atomic E-state index is 0.0320. The molecule has 2 aromatic carbocycles. The van der Waals surface area contributed by atoms with E-state index < -0.39 is 0 Å². The number of nitrogens with zero attached hydrogens (tertiary/aromatic N) is 4. The molecule has 9 nitrogen and oxygen atoms in total. The van der Waals surface area contributed by atoms with E-state index in [1.165, 1.54) is 0 Å². The fraction of sp³-hybridized carbons (Fsp3) is 0.320. The van der Waals surface area contributed by atoms with Gasteiger partial charge in [-0.1, -0.05) is 0 Å². The molecule has 0 bridgehead atoms. The number of hydrogen-bond acceptors (Lipinski definition) is 8. The van der Waals surface area contributed by atoms with Gasteiger partial charge in [-0.3, -0.25) is 4.79 Å². The lowest BCUT2D eigenvalue weighted by Gasteiger charge is -2.35. The molecule has 0 atom stereocenters. The first-order valence-electron chi connectivity index (χ1n) is 10.9. The van der Waals surface area contributed by atoms with Crippen LogP contribution in [0.3, 0.4) is 0 Å². The minimum atomic E-state index is -0.0320. The van der Waals surface area contributed by atoms with E-state index in [0.29, 0.717) is 54.7 Å². The van der Waals surface area contributed by atoms with E-state index in [-0.39, 0.29) is 5.91 Å². The van der Waals surface area contributed by atoms with E-state index in [1.54, 1.807) is 46.6 Å². The first-order chi connectivity index (χ1) is 16.6. The Balaban J connectivity index is 1.40. The molecule has 1 fully saturated rings. The molecule has 9 heteroatoms. The van der Waals surface area contributed by atoms with E-state index in [1.807, 2.05) is 35.2 Å². The van der Waals surface area contributed by atoms with Gasteiger partial charge in [-0.25, -0.2) is 0 Å². The van der Waals surface area contributed by atoms with Crippen LogP contribution in [0.5, 0.6) is 23.0 Å². The largest absolute Gasteiger partial charge is 0.493 e. The Morgan fingerprint density at radius 3 is 1.91 bits per heavy atom. The first-order valence-corrected chi connectivity index (χ1v) is 10.9. The summed E-state index contributed by atoms with van der Waals surface area (Å²) in [7, 11) is 6.34. The summed E-state index contributed by atoms with van der Waals surface area (Å²) in [5.41, 5.74) is 2.21. The van der Waals surface area contributed by atoms with Crippen molar-refractivity contribution in [2.24, 2.45) is 0 Å². The molecule has 2 heterocycles. The van der Waals surface area contributed by atoms with Crippen molar-refractivity contribution in [1.82, 2.24) is 15.1 Å². The van der Waals surface area contributed by atoms with Crippen LogP contribution >= 0.6 is 0 Å². The normalized spacial score (nSPS) is 13.4. The summed E-state index contributed by atoms with van der Waals surface area (Å²) in [6.07, 6.45) is 0. The Morgan fingerprint density at radius 1 is 0.706 bits per heavy atom. The standard InChI is InChI=1S/C25H28N4O5/c1-31-20-8-5-17(15-22(20)33-3)19-7-10-24(27-26-19)28-11-13-29(14-12-28)25(30)18-6-9-21(32-2)23(16-18)34-4/h5-10,15-16H,11-14H2,1-4H3. The number of aromatic nitrogens is 2. The van der Waals surface area contributed by atoms with Crippen molar-refractivity contribution >= 4 is 11.7 Å². The topological polar surface area (TPSA) is 86.3 Å². The number of ether oxygens (including phenoxy) is 4. The zero-order valence-corrected chi connectivity index (χ0v) is 19.8. The molecule has 0 saturated carbocycles. The Morgan fingerprint density at radius 2 is 1.32 bits per heavy atom. The molecule has 0 unspecified atom stereocenters. The molecule has 34 heavy (non-hydrogen) atoms. The van der Waals surface area contributed by atoms with Crippen molar-refractivity contribution in [3.8, 4) is 34.3 Å². The lowest BCUT2D eigenvalue weighted by atomic mass is 10.1. The second-order valence-electron chi connectivity index (χ2n) is 7.70. The van der Waals surface area contributed by atoms with E-state index in [2.05, 4.69) is 15.1 Å². The van der Waals surface area contributed by atoms with Crippen molar-refractivity contribution < 1.29 is 23.7 Å². The average molecular weight is 465 g/mol. The number of benzene rings is 2. The van der Waals surface area contributed by atoms with E-state index in [9.17, 15) is 4.79 Å². The van der Waals surface area contributed by atoms with Gasteiger partial charge in [0.2, 0.25) is 0 Å². The van der Waals surface area contributed by atoms with Gasteiger partial charge < -0.3 is 28.7 Å². The Labute approximate surface area is 198 Å². The number of amides is 1. The molecule has 3 aromatic rings. The predicted molar refractivity (Wildman–Crippen MR) is 128 cm³/mol. The third-order valence-electron chi connectivity index (χ3n) is 5.85. The summed E-state index contributed by atoms with van der Waals surface area (Å²) >= 11 is 0. The number of piperazine rings is 1. The summed E-state index contributed by atoms with van der Waals surface area (Å²) in [5, 5.41) is 8.81. The predicted octanol–water partition coefficient (Wildman–Crippen LogP) is 3.14. The number of anilines is 1. The zero-order chi connectivity index (χ0) is 24.1. The number of carbonyl (C=O) groups excluding carboxylic acids is 1. The Kier molecular flexibility index (Phi) is 7.01. The fourth-order valence-corrected chi connectivity index (χ4v) is 3.93. The van der Waals surface area contributed by atoms with Gasteiger partial charge in [0.05, 0.1) is 34.1 Å². The number of carbonyl (C=O) groups is 1. The van der Waals surface area contributed by atoms with Crippen LogP contribution in [0.4, 0.5) is 5.82 Å². The van der Waals surface area contributed by atoms with Crippen molar-refractivity contribution in [1.29, 1.82) is 0 Å². The second kappa shape index (κ2) is 10.3. The van der Waals surface area contributed by atoms with Crippen LogP contribution in [0.1, 0.15) is 10.4 Å². The second-order valence-corrected chi connectivity index (χ2v) is 7.70. The van der Waals surface area contributed by atoms with Gasteiger partial charge in [0, 0.05) is 37.3 Å². The highest BCUT2D eigenvalue weighted by Gasteiger charge is 2.24. The summed E-state index contributed by atoms with van der Waals surface area (Å²) in [5.74, 6) is 3.19. The van der Waals surface area contributed by atoms with Crippen LogP contribution in [-0.2, 0) is 0 Å². The maximum Gasteiger partial charge on any atom is 0.254 e. The van der Waals surface area contributed by atoms with Gasteiger partial charge in [-0.15, -0.1) is 10.2 Å². The molecule has 0 aliphatic carbocycles. The van der Waals surface area contributed by atoms with Gasteiger partial charge in [-0.2, -0.15) is 0 Å². The van der Waals surface area contributed by atoms with Crippen LogP contribution in [0.15, 0.2) is 48.5 Å².